The number of nitrogens with zero attached hydrogens (tertiary/aromatic N) is 6. The number of carbonyl (C=O) groups excluding carboxylic acids is 4. The van der Waals surface area contributed by atoms with E-state index in [1.54, 1.807) is 76.6 Å². The lowest BCUT2D eigenvalue weighted by molar-refractivity contribution is -0.118. The fraction of sp³-hybridized carbons (Fsp3) is 0.137. The molecular formula is C51H56N10O4. The van der Waals surface area contributed by atoms with E-state index >= 15 is 0 Å². The van der Waals surface area contributed by atoms with Gasteiger partial charge in [0.2, 0.25) is 11.8 Å². The lowest BCUT2D eigenvalue weighted by Gasteiger charge is -2.20. The Morgan fingerprint density at radius 1 is 0.492 bits per heavy atom. The largest absolute Gasteiger partial charge is 0.340 e. The molecule has 0 saturated heterocycles. The highest BCUT2D eigenvalue weighted by atomic mass is 16.2. The molecular weight excluding hydrogens is 817 g/mol. The molecule has 6 aromatic carbocycles. The van der Waals surface area contributed by atoms with Gasteiger partial charge in [0.1, 0.15) is 37.4 Å². The topological polar surface area (TPSA) is 178 Å². The molecule has 0 fully saturated rings. The number of hydrogen-bond acceptors (Lipinski definition) is 8. The van der Waals surface area contributed by atoms with Crippen LogP contribution in [-0.2, 0) is 22.4 Å². The molecule has 2 unspecified atom stereocenters. The molecule has 65 heavy (non-hydrogen) atoms. The van der Waals surface area contributed by atoms with Crippen molar-refractivity contribution < 1.29 is 24.9 Å². The summed E-state index contributed by atoms with van der Waals surface area (Å²) >= 11 is 0. The third-order valence-electron chi connectivity index (χ3n) is 10.5. The summed E-state index contributed by atoms with van der Waals surface area (Å²) in [5.41, 5.74) is 6.83. The summed E-state index contributed by atoms with van der Waals surface area (Å²) in [5, 5.41) is 20.1. The van der Waals surface area contributed by atoms with E-state index in [4.69, 9.17) is 0 Å². The zero-order valence-electron chi connectivity index (χ0n) is 35.7. The summed E-state index contributed by atoms with van der Waals surface area (Å²) in [6, 6.07) is 49.1. The van der Waals surface area contributed by atoms with Crippen molar-refractivity contribution in [2.45, 2.75) is 44.7 Å². The maximum absolute atomic E-state index is 13.3. The second-order valence-electron chi connectivity index (χ2n) is 15.0. The van der Waals surface area contributed by atoms with E-state index < -0.39 is 12.1 Å². The molecule has 0 aliphatic rings. The molecule has 0 radical (unpaired) electrons. The Bertz CT molecular complexity index is 2780. The van der Waals surface area contributed by atoms with Crippen LogP contribution in [0.4, 0.5) is 11.4 Å². The molecule has 2 atom stereocenters. The third-order valence-corrected chi connectivity index (χ3v) is 10.5. The van der Waals surface area contributed by atoms with E-state index in [0.29, 0.717) is 53.9 Å². The Kier molecular flexibility index (Phi) is 15.4. The summed E-state index contributed by atoms with van der Waals surface area (Å²) in [6.07, 6.45) is 8.30. The van der Waals surface area contributed by atoms with Gasteiger partial charge in [0, 0.05) is 22.5 Å². The average molecular weight is 873 g/mol. The maximum Gasteiger partial charge on any atom is 0.251 e. The van der Waals surface area contributed by atoms with Crippen molar-refractivity contribution in [2.24, 2.45) is 0 Å². The van der Waals surface area contributed by atoms with Crippen molar-refractivity contribution in [3.63, 3.8) is 0 Å². The molecule has 2 heterocycles. The van der Waals surface area contributed by atoms with Gasteiger partial charge in [-0.15, -0.1) is 0 Å². The molecule has 8 rings (SSSR count). The van der Waals surface area contributed by atoms with Crippen LogP contribution in [0.5, 0.6) is 0 Å². The average Bonchev–Trinajstić information content (AvgIpc) is 4.10. The fourth-order valence-electron chi connectivity index (χ4n) is 7.00. The van der Waals surface area contributed by atoms with Crippen molar-refractivity contribution in [1.82, 2.24) is 40.2 Å². The molecule has 0 aliphatic heterocycles. The number of aromatic nitrogens is 6. The van der Waals surface area contributed by atoms with Gasteiger partial charge < -0.3 is 21.3 Å². The molecule has 8 aromatic rings. The number of hydrogen-bond donors (Lipinski definition) is 4. The number of anilines is 2. The highest BCUT2D eigenvalue weighted by Crippen LogP contribution is 2.23. The van der Waals surface area contributed by atoms with Crippen molar-refractivity contribution in [2.75, 3.05) is 10.6 Å². The van der Waals surface area contributed by atoms with Gasteiger partial charge in [0.15, 0.2) is 0 Å². The first-order valence-electron chi connectivity index (χ1n) is 21.1. The second kappa shape index (κ2) is 22.5. The molecule has 4 N–H and O–H groups in total. The number of carbonyl (C=O) groups is 4. The van der Waals surface area contributed by atoms with Crippen LogP contribution in [-0.4, -0.2) is 65.2 Å². The second-order valence-corrected chi connectivity index (χ2v) is 15.0. The number of amides is 4. The number of aryl methyl sites for hydroxylation is 2. The van der Waals surface area contributed by atoms with E-state index in [-0.39, 0.29) is 29.3 Å². The van der Waals surface area contributed by atoms with Gasteiger partial charge in [-0.25, -0.2) is 19.3 Å². The lowest BCUT2D eigenvalue weighted by atomic mass is 10.0. The molecule has 2 aromatic heterocycles. The molecule has 334 valence electrons. The fourth-order valence-corrected chi connectivity index (χ4v) is 7.00. The van der Waals surface area contributed by atoms with Crippen LogP contribution >= 0.6 is 0 Å². The van der Waals surface area contributed by atoms with Crippen LogP contribution in [0.25, 0.3) is 11.4 Å². The number of nitrogens with one attached hydrogen (secondary N) is 4. The summed E-state index contributed by atoms with van der Waals surface area (Å²) in [6.45, 7) is 1.91. The summed E-state index contributed by atoms with van der Waals surface area (Å²) in [5.74, 6) is -1.13. The molecule has 4 amide bonds. The highest BCUT2D eigenvalue weighted by molar-refractivity contribution is 6.02. The smallest absolute Gasteiger partial charge is 0.251 e. The third kappa shape index (κ3) is 12.5. The van der Waals surface area contributed by atoms with Crippen LogP contribution in [0.1, 0.15) is 56.0 Å². The van der Waals surface area contributed by atoms with Crippen LogP contribution < -0.4 is 21.3 Å². The SMILES string of the molecule is Cc1c(NC(=O)C(CCc2ccccc2)NC(=O)c2ccccc2)cccc1-n1cncn1.O=C(NC(CCc1ccccc1)C(=O)Nc1ccccc1-n1cncn1)c1ccccc1.[HH].[HH].[HH].[HH]. The molecule has 14 heteroatoms. The quantitative estimate of drug-likeness (QED) is 0.0746. The van der Waals surface area contributed by atoms with Gasteiger partial charge >= 0.3 is 0 Å². The maximum atomic E-state index is 13.3. The zero-order chi connectivity index (χ0) is 45.2. The van der Waals surface area contributed by atoms with E-state index in [0.717, 1.165) is 22.4 Å². The van der Waals surface area contributed by atoms with Gasteiger partial charge in [-0.2, -0.15) is 10.2 Å². The predicted octanol–water partition coefficient (Wildman–Crippen LogP) is 8.57. The lowest BCUT2D eigenvalue weighted by Crippen LogP contribution is -2.44. The zero-order valence-corrected chi connectivity index (χ0v) is 35.7. The first kappa shape index (κ1) is 44.5. The van der Waals surface area contributed by atoms with E-state index in [1.807, 2.05) is 116 Å². The summed E-state index contributed by atoms with van der Waals surface area (Å²) < 4.78 is 3.23. The van der Waals surface area contributed by atoms with Gasteiger partial charge in [0.25, 0.3) is 11.8 Å². The Hall–Kier alpha value is -8.52. The Morgan fingerprint density at radius 3 is 1.37 bits per heavy atom. The van der Waals surface area contributed by atoms with Crippen LogP contribution in [0.2, 0.25) is 0 Å². The van der Waals surface area contributed by atoms with Crippen molar-refractivity contribution in [3.8, 4) is 11.4 Å². The molecule has 0 spiro atoms. The van der Waals surface area contributed by atoms with Crippen LogP contribution in [0, 0.1) is 6.92 Å². The minimum absolute atomic E-state index is 0. The normalized spacial score (nSPS) is 11.5. The first-order chi connectivity index (χ1) is 31.8. The minimum atomic E-state index is -0.716. The van der Waals surface area contributed by atoms with Crippen LogP contribution in [0.15, 0.2) is 189 Å². The van der Waals surface area contributed by atoms with E-state index in [9.17, 15) is 19.2 Å². The first-order valence-corrected chi connectivity index (χ1v) is 21.1. The van der Waals surface area contributed by atoms with Crippen LogP contribution in [0.3, 0.4) is 0 Å². The molecule has 0 aliphatic carbocycles. The Balaban J connectivity index is 0.000000345. The summed E-state index contributed by atoms with van der Waals surface area (Å²) in [7, 11) is 0. The van der Waals surface area contributed by atoms with Crippen molar-refractivity contribution in [3.05, 3.63) is 217 Å². The molecule has 0 saturated carbocycles. The van der Waals surface area contributed by atoms with E-state index in [2.05, 4.69) is 41.4 Å². The van der Waals surface area contributed by atoms with Gasteiger partial charge in [-0.3, -0.25) is 19.2 Å². The minimum Gasteiger partial charge on any atom is -0.340 e. The van der Waals surface area contributed by atoms with Gasteiger partial charge in [-0.05, 0) is 97.8 Å². The predicted molar refractivity (Wildman–Crippen MR) is 258 cm³/mol. The number of benzene rings is 6. The van der Waals surface area contributed by atoms with Crippen molar-refractivity contribution in [1.29, 1.82) is 0 Å². The number of para-hydroxylation sites is 2. The van der Waals surface area contributed by atoms with E-state index in [1.165, 1.54) is 12.7 Å². The molecule has 0 bridgehead atoms. The van der Waals surface area contributed by atoms with Gasteiger partial charge in [0.05, 0.1) is 17.1 Å². The standard InChI is InChI=1S/C26H25N5O2.C25H23N5O2.4H2/c1-19-22(13-8-14-24(19)31-18-27-17-28-31)29-26(33)23(16-15-20-9-4-2-5-10-20)30-25(32)21-11-6-3-7-12-21;31-24(20-11-5-2-6-12-20)29-22(16-15-19-9-3-1-4-10-19)25(32)28-21-13-7-8-14-23(21)30-18-26-17-27-30;;;;/h2-14,17-18,23H,15-16H2,1H3,(H,29,33)(H,30,32);1-14,17-18,22H,15-16H2,(H,28,32)(H,29,31);4*1H. The number of rotatable bonds is 16. The highest BCUT2D eigenvalue weighted by Gasteiger charge is 2.24. The van der Waals surface area contributed by atoms with Crippen molar-refractivity contribution >= 4 is 35.0 Å². The van der Waals surface area contributed by atoms with Gasteiger partial charge in [-0.1, -0.05) is 115 Å². The Morgan fingerprint density at radius 2 is 0.892 bits per heavy atom. The molecule has 14 nitrogen and oxygen atoms in total. The summed E-state index contributed by atoms with van der Waals surface area (Å²) in [4.78, 5) is 60.1. The Labute approximate surface area is 382 Å². The monoisotopic (exact) mass is 872 g/mol.